The van der Waals surface area contributed by atoms with E-state index in [0.717, 1.165) is 24.6 Å². The number of hydrogen-bond acceptors (Lipinski definition) is 2. The summed E-state index contributed by atoms with van der Waals surface area (Å²) in [4.78, 5) is 23.5. The van der Waals surface area contributed by atoms with E-state index in [0.29, 0.717) is 13.0 Å². The first kappa shape index (κ1) is 17.8. The molecule has 4 nitrogen and oxygen atoms in total. The Morgan fingerprint density at radius 1 is 1.33 bits per heavy atom. The van der Waals surface area contributed by atoms with Crippen molar-refractivity contribution < 1.29 is 23.1 Å². The molecule has 1 aromatic heterocycles. The summed E-state index contributed by atoms with van der Waals surface area (Å²) in [6, 6.07) is 2.82. The summed E-state index contributed by atoms with van der Waals surface area (Å²) in [5, 5.41) is 9.09. The van der Waals surface area contributed by atoms with E-state index in [9.17, 15) is 22.8 Å². The number of carboxylic acid groups (broad SMARTS) is 1. The molecule has 0 spiro atoms. The molecule has 0 atom stereocenters. The normalized spacial score (nSPS) is 11.7. The number of unbranched alkanes of at least 4 members (excludes halogenated alkanes) is 1. The van der Waals surface area contributed by atoms with Gasteiger partial charge in [-0.15, -0.1) is 0 Å². The fourth-order valence-electron chi connectivity index (χ4n) is 2.41. The summed E-state index contributed by atoms with van der Waals surface area (Å²) in [7, 11) is 0. The number of carboxylic acids is 1. The zero-order valence-corrected chi connectivity index (χ0v) is 13.0. The Bertz CT molecular complexity index is 866. The molecular weight excluding hydrogens is 323 g/mol. The number of carbonyl (C=O) groups is 1. The molecular formula is C17H16F3NO3. The van der Waals surface area contributed by atoms with Gasteiger partial charge in [-0.05, 0) is 24.6 Å². The van der Waals surface area contributed by atoms with Gasteiger partial charge in [-0.2, -0.15) is 13.2 Å². The summed E-state index contributed by atoms with van der Waals surface area (Å²) in [5.41, 5.74) is -1.87. The number of alkyl halides is 3. The van der Waals surface area contributed by atoms with Crippen molar-refractivity contribution in [2.24, 2.45) is 0 Å². The molecule has 0 amide bonds. The number of benzene rings is 1. The number of aryl methyl sites for hydroxylation is 1. The fraction of sp³-hybridized carbons (Fsp3) is 0.294. The van der Waals surface area contributed by atoms with Gasteiger partial charge >= 0.3 is 12.1 Å². The summed E-state index contributed by atoms with van der Waals surface area (Å²) in [6.45, 7) is 5.67. The topological polar surface area (TPSA) is 59.3 Å². The Hall–Kier alpha value is -2.57. The minimum Gasteiger partial charge on any atom is -0.478 e. The molecule has 1 N–H and O–H groups in total. The molecule has 0 saturated heterocycles. The molecule has 2 rings (SSSR count). The summed E-state index contributed by atoms with van der Waals surface area (Å²) in [6.07, 6.45) is -1.78. The number of hydrogen-bond donors (Lipinski definition) is 1. The van der Waals surface area contributed by atoms with Crippen LogP contribution in [0.15, 0.2) is 35.8 Å². The number of aromatic nitrogens is 1. The standard InChI is InChI=1S/C17H16F3NO3/c1-3-4-7-21-9-13(10(2)16(23)24)15(22)12-6-5-11(8-14(12)21)17(18,19)20/h5-6,8-9H,2-4,7H2,1H3,(H,23,24). The molecule has 0 radical (unpaired) electrons. The average Bonchev–Trinajstić information content (AvgIpc) is 2.52. The van der Waals surface area contributed by atoms with Crippen molar-refractivity contribution in [1.82, 2.24) is 4.57 Å². The van der Waals surface area contributed by atoms with E-state index in [2.05, 4.69) is 6.58 Å². The molecule has 0 aliphatic carbocycles. The van der Waals surface area contributed by atoms with E-state index in [4.69, 9.17) is 5.11 Å². The van der Waals surface area contributed by atoms with Crippen LogP contribution in [0.1, 0.15) is 30.9 Å². The van der Waals surface area contributed by atoms with Gasteiger partial charge < -0.3 is 9.67 Å². The van der Waals surface area contributed by atoms with Crippen LogP contribution in [0.2, 0.25) is 0 Å². The Kier molecular flexibility index (Phi) is 4.82. The van der Waals surface area contributed by atoms with Crippen LogP contribution in [0.5, 0.6) is 0 Å². The number of pyridine rings is 1. The minimum absolute atomic E-state index is 0.0407. The van der Waals surface area contributed by atoms with E-state index in [1.807, 2.05) is 6.92 Å². The highest BCUT2D eigenvalue weighted by Crippen LogP contribution is 2.31. The Morgan fingerprint density at radius 3 is 2.54 bits per heavy atom. The molecule has 1 heterocycles. The molecule has 7 heteroatoms. The molecule has 24 heavy (non-hydrogen) atoms. The smallest absolute Gasteiger partial charge is 0.416 e. The quantitative estimate of drug-likeness (QED) is 0.840. The van der Waals surface area contributed by atoms with Gasteiger partial charge in [0, 0.05) is 18.1 Å². The summed E-state index contributed by atoms with van der Waals surface area (Å²) < 4.78 is 40.3. The second-order valence-electron chi connectivity index (χ2n) is 5.43. The van der Waals surface area contributed by atoms with Crippen molar-refractivity contribution in [3.05, 3.63) is 52.3 Å². The van der Waals surface area contributed by atoms with Gasteiger partial charge in [0.2, 0.25) is 0 Å². The monoisotopic (exact) mass is 339 g/mol. The first-order chi connectivity index (χ1) is 11.2. The maximum Gasteiger partial charge on any atom is 0.416 e. The first-order valence-corrected chi connectivity index (χ1v) is 7.33. The van der Waals surface area contributed by atoms with E-state index >= 15 is 0 Å². The molecule has 0 fully saturated rings. The third-order valence-electron chi connectivity index (χ3n) is 3.74. The van der Waals surface area contributed by atoms with Gasteiger partial charge in [0.15, 0.2) is 5.43 Å². The number of nitrogens with zero attached hydrogens (tertiary/aromatic N) is 1. The van der Waals surface area contributed by atoms with E-state index in [1.165, 1.54) is 10.8 Å². The van der Waals surface area contributed by atoms with Crippen LogP contribution < -0.4 is 5.43 Å². The van der Waals surface area contributed by atoms with E-state index in [1.54, 1.807) is 0 Å². The molecule has 0 aliphatic rings. The van der Waals surface area contributed by atoms with Crippen molar-refractivity contribution in [2.75, 3.05) is 0 Å². The van der Waals surface area contributed by atoms with Crippen molar-refractivity contribution >= 4 is 22.4 Å². The lowest BCUT2D eigenvalue weighted by Crippen LogP contribution is -2.18. The molecule has 0 saturated carbocycles. The maximum absolute atomic E-state index is 12.9. The van der Waals surface area contributed by atoms with Crippen molar-refractivity contribution in [1.29, 1.82) is 0 Å². The zero-order valence-electron chi connectivity index (χ0n) is 13.0. The Morgan fingerprint density at radius 2 is 2.00 bits per heavy atom. The van der Waals surface area contributed by atoms with Gasteiger partial charge in [0.05, 0.1) is 22.2 Å². The molecule has 0 aliphatic heterocycles. The molecule has 1 aromatic carbocycles. The third-order valence-corrected chi connectivity index (χ3v) is 3.74. The summed E-state index contributed by atoms with van der Waals surface area (Å²) >= 11 is 0. The van der Waals surface area contributed by atoms with Gasteiger partial charge in [0.25, 0.3) is 0 Å². The van der Waals surface area contributed by atoms with Crippen molar-refractivity contribution in [3.8, 4) is 0 Å². The molecule has 0 bridgehead atoms. The van der Waals surface area contributed by atoms with Gasteiger partial charge in [-0.25, -0.2) is 4.79 Å². The highest BCUT2D eigenvalue weighted by Gasteiger charge is 2.31. The highest BCUT2D eigenvalue weighted by atomic mass is 19.4. The fourth-order valence-corrected chi connectivity index (χ4v) is 2.41. The van der Waals surface area contributed by atoms with Gasteiger partial charge in [-0.3, -0.25) is 4.79 Å². The highest BCUT2D eigenvalue weighted by molar-refractivity contribution is 6.14. The predicted octanol–water partition coefficient (Wildman–Crippen LogP) is 3.92. The van der Waals surface area contributed by atoms with Crippen LogP contribution in [0.4, 0.5) is 13.2 Å². The summed E-state index contributed by atoms with van der Waals surface area (Å²) in [5.74, 6) is -1.35. The zero-order chi connectivity index (χ0) is 18.1. The van der Waals surface area contributed by atoms with Crippen molar-refractivity contribution in [2.45, 2.75) is 32.5 Å². The Labute approximate surface area is 135 Å². The van der Waals surface area contributed by atoms with Gasteiger partial charge in [0.1, 0.15) is 0 Å². The largest absolute Gasteiger partial charge is 0.478 e. The molecule has 128 valence electrons. The lowest BCUT2D eigenvalue weighted by atomic mass is 10.0. The van der Waals surface area contributed by atoms with Crippen LogP contribution >= 0.6 is 0 Å². The first-order valence-electron chi connectivity index (χ1n) is 7.33. The van der Waals surface area contributed by atoms with Crippen LogP contribution in [0.25, 0.3) is 16.5 Å². The van der Waals surface area contributed by atoms with E-state index in [-0.39, 0.29) is 22.0 Å². The average molecular weight is 339 g/mol. The predicted molar refractivity (Wildman–Crippen MR) is 84.8 cm³/mol. The lowest BCUT2D eigenvalue weighted by molar-refractivity contribution is -0.137. The number of fused-ring (bicyclic) bond motifs is 1. The minimum atomic E-state index is -4.52. The maximum atomic E-state index is 12.9. The molecule has 2 aromatic rings. The number of rotatable bonds is 5. The number of halogens is 3. The second-order valence-corrected chi connectivity index (χ2v) is 5.43. The van der Waals surface area contributed by atoms with Crippen LogP contribution in [0.3, 0.4) is 0 Å². The van der Waals surface area contributed by atoms with Crippen LogP contribution in [-0.2, 0) is 17.5 Å². The molecule has 0 unspecified atom stereocenters. The number of aliphatic carboxylic acids is 1. The third kappa shape index (κ3) is 3.34. The Balaban J connectivity index is 2.79. The van der Waals surface area contributed by atoms with Crippen molar-refractivity contribution in [3.63, 3.8) is 0 Å². The van der Waals surface area contributed by atoms with Crippen LogP contribution in [0, 0.1) is 0 Å². The van der Waals surface area contributed by atoms with Crippen LogP contribution in [-0.4, -0.2) is 15.6 Å². The van der Waals surface area contributed by atoms with E-state index < -0.39 is 23.1 Å². The van der Waals surface area contributed by atoms with Gasteiger partial charge in [-0.1, -0.05) is 19.9 Å². The second kappa shape index (κ2) is 6.51. The lowest BCUT2D eigenvalue weighted by Gasteiger charge is -2.15. The SMILES string of the molecule is C=C(C(=O)O)c1cn(CCCC)c2cc(C(F)(F)F)ccc2c1=O.